The van der Waals surface area contributed by atoms with E-state index in [1.165, 1.54) is 12.8 Å². The standard InChI is InChI=1S/C6H12N4S/c1-3-4-5(2)11-6-7-9-10-8-6/h5H,3-4H2,1-2H3,(H,7,8,9,10). The van der Waals surface area contributed by atoms with Gasteiger partial charge in [0.1, 0.15) is 0 Å². The molecule has 1 atom stereocenters. The van der Waals surface area contributed by atoms with Crippen LogP contribution in [0.2, 0.25) is 0 Å². The van der Waals surface area contributed by atoms with E-state index in [9.17, 15) is 0 Å². The predicted octanol–water partition coefficient (Wildman–Crippen LogP) is 1.48. The molecule has 0 radical (unpaired) electrons. The number of H-pyrrole nitrogens is 1. The Labute approximate surface area is 70.2 Å². The number of rotatable bonds is 4. The quantitative estimate of drug-likeness (QED) is 0.699. The first-order valence-corrected chi connectivity index (χ1v) is 4.61. The van der Waals surface area contributed by atoms with Crippen LogP contribution in [0.1, 0.15) is 26.7 Å². The van der Waals surface area contributed by atoms with Crippen molar-refractivity contribution >= 4 is 11.8 Å². The summed E-state index contributed by atoms with van der Waals surface area (Å²) in [5.74, 6) is 0. The molecule has 1 rings (SSSR count). The van der Waals surface area contributed by atoms with E-state index in [1.54, 1.807) is 11.8 Å². The van der Waals surface area contributed by atoms with Crippen LogP contribution in [0.3, 0.4) is 0 Å². The first kappa shape index (κ1) is 8.52. The van der Waals surface area contributed by atoms with Crippen molar-refractivity contribution in [1.29, 1.82) is 0 Å². The molecule has 0 aromatic carbocycles. The Hall–Kier alpha value is -0.580. The molecule has 1 aromatic heterocycles. The van der Waals surface area contributed by atoms with Gasteiger partial charge in [0.25, 0.3) is 0 Å². The van der Waals surface area contributed by atoms with E-state index in [0.29, 0.717) is 5.25 Å². The van der Waals surface area contributed by atoms with E-state index in [-0.39, 0.29) is 0 Å². The molecule has 0 amide bonds. The molecule has 0 aliphatic rings. The van der Waals surface area contributed by atoms with Crippen molar-refractivity contribution in [1.82, 2.24) is 20.6 Å². The van der Waals surface area contributed by atoms with Crippen LogP contribution >= 0.6 is 11.8 Å². The van der Waals surface area contributed by atoms with Crippen molar-refractivity contribution in [3.05, 3.63) is 0 Å². The Balaban J connectivity index is 2.31. The minimum atomic E-state index is 0.581. The Morgan fingerprint density at radius 2 is 2.45 bits per heavy atom. The Morgan fingerprint density at radius 3 is 3.00 bits per heavy atom. The van der Waals surface area contributed by atoms with Gasteiger partial charge in [-0.25, -0.2) is 0 Å². The molecule has 0 aliphatic carbocycles. The third-order valence-corrected chi connectivity index (χ3v) is 2.35. The lowest BCUT2D eigenvalue weighted by atomic mass is 10.3. The highest BCUT2D eigenvalue weighted by Gasteiger charge is 2.05. The van der Waals surface area contributed by atoms with E-state index in [0.717, 1.165) is 5.16 Å². The average molecular weight is 172 g/mol. The van der Waals surface area contributed by atoms with Crippen LogP contribution in [-0.4, -0.2) is 25.9 Å². The van der Waals surface area contributed by atoms with Gasteiger partial charge in [-0.3, -0.25) is 0 Å². The highest BCUT2D eigenvalue weighted by Crippen LogP contribution is 2.20. The van der Waals surface area contributed by atoms with Crippen LogP contribution in [0.15, 0.2) is 5.16 Å². The lowest BCUT2D eigenvalue weighted by Crippen LogP contribution is -1.94. The van der Waals surface area contributed by atoms with Gasteiger partial charge in [-0.1, -0.05) is 32.0 Å². The first-order chi connectivity index (χ1) is 5.33. The zero-order valence-corrected chi connectivity index (χ0v) is 7.56. The molecular formula is C6H12N4S. The molecule has 1 N–H and O–H groups in total. The van der Waals surface area contributed by atoms with E-state index in [1.807, 2.05) is 0 Å². The fourth-order valence-electron chi connectivity index (χ4n) is 0.848. The smallest absolute Gasteiger partial charge is 0.176 e. The lowest BCUT2D eigenvalue weighted by Gasteiger charge is -2.04. The third kappa shape index (κ3) is 2.88. The van der Waals surface area contributed by atoms with Crippen molar-refractivity contribution in [2.75, 3.05) is 0 Å². The molecule has 1 unspecified atom stereocenters. The number of nitrogens with one attached hydrogen (secondary N) is 1. The molecule has 62 valence electrons. The fourth-order valence-corrected chi connectivity index (χ4v) is 1.74. The highest BCUT2D eigenvalue weighted by atomic mass is 32.2. The number of hydrogen-bond acceptors (Lipinski definition) is 4. The zero-order chi connectivity index (χ0) is 8.10. The summed E-state index contributed by atoms with van der Waals surface area (Å²) in [4.78, 5) is 0. The van der Waals surface area contributed by atoms with Crippen molar-refractivity contribution in [2.24, 2.45) is 0 Å². The monoisotopic (exact) mass is 172 g/mol. The van der Waals surface area contributed by atoms with E-state index < -0.39 is 0 Å². The number of aromatic amines is 1. The zero-order valence-electron chi connectivity index (χ0n) is 6.74. The molecule has 0 saturated heterocycles. The van der Waals surface area contributed by atoms with Gasteiger partial charge in [-0.2, -0.15) is 5.21 Å². The van der Waals surface area contributed by atoms with Gasteiger partial charge in [0.15, 0.2) is 0 Å². The summed E-state index contributed by atoms with van der Waals surface area (Å²) in [5.41, 5.74) is 0. The number of hydrogen-bond donors (Lipinski definition) is 1. The molecule has 0 fully saturated rings. The van der Waals surface area contributed by atoms with Gasteiger partial charge in [0.05, 0.1) is 0 Å². The van der Waals surface area contributed by atoms with Crippen LogP contribution in [-0.2, 0) is 0 Å². The number of tetrazole rings is 1. The molecular weight excluding hydrogens is 160 g/mol. The second kappa shape index (κ2) is 4.33. The van der Waals surface area contributed by atoms with Crippen LogP contribution in [0.5, 0.6) is 0 Å². The summed E-state index contributed by atoms with van der Waals surface area (Å²) < 4.78 is 0. The predicted molar refractivity (Wildman–Crippen MR) is 44.4 cm³/mol. The van der Waals surface area contributed by atoms with Crippen molar-refractivity contribution < 1.29 is 0 Å². The summed E-state index contributed by atoms with van der Waals surface area (Å²) in [6.07, 6.45) is 2.39. The normalized spacial score (nSPS) is 13.3. The second-order valence-corrected chi connectivity index (χ2v) is 3.82. The molecule has 1 heterocycles. The van der Waals surface area contributed by atoms with Gasteiger partial charge < -0.3 is 0 Å². The number of aromatic nitrogens is 4. The molecule has 0 spiro atoms. The molecule has 11 heavy (non-hydrogen) atoms. The van der Waals surface area contributed by atoms with E-state index in [4.69, 9.17) is 0 Å². The van der Waals surface area contributed by atoms with Gasteiger partial charge >= 0.3 is 0 Å². The van der Waals surface area contributed by atoms with Crippen LogP contribution in [0, 0.1) is 0 Å². The largest absolute Gasteiger partial charge is 0.231 e. The van der Waals surface area contributed by atoms with Gasteiger partial charge in [0.2, 0.25) is 5.16 Å². The van der Waals surface area contributed by atoms with E-state index in [2.05, 4.69) is 34.5 Å². The number of nitrogens with zero attached hydrogens (tertiary/aromatic N) is 3. The molecule has 5 heteroatoms. The molecule has 0 aliphatic heterocycles. The highest BCUT2D eigenvalue weighted by molar-refractivity contribution is 7.99. The minimum Gasteiger partial charge on any atom is -0.176 e. The SMILES string of the molecule is CCCC(C)Sc1nn[nH]n1. The third-order valence-electron chi connectivity index (χ3n) is 1.33. The van der Waals surface area contributed by atoms with Gasteiger partial charge in [0, 0.05) is 5.25 Å². The molecule has 0 bridgehead atoms. The summed E-state index contributed by atoms with van der Waals surface area (Å²) >= 11 is 1.66. The number of thioether (sulfide) groups is 1. The molecule has 0 saturated carbocycles. The molecule has 4 nitrogen and oxygen atoms in total. The Kier molecular flexibility index (Phi) is 3.35. The van der Waals surface area contributed by atoms with Crippen molar-refractivity contribution in [3.8, 4) is 0 Å². The van der Waals surface area contributed by atoms with Crippen LogP contribution < -0.4 is 0 Å². The minimum absolute atomic E-state index is 0.581. The van der Waals surface area contributed by atoms with E-state index >= 15 is 0 Å². The molecule has 1 aromatic rings. The topological polar surface area (TPSA) is 54.5 Å². The van der Waals surface area contributed by atoms with Crippen molar-refractivity contribution in [2.45, 2.75) is 37.1 Å². The Morgan fingerprint density at radius 1 is 1.64 bits per heavy atom. The fraction of sp³-hybridized carbons (Fsp3) is 0.833. The maximum absolute atomic E-state index is 3.85. The summed E-state index contributed by atoms with van der Waals surface area (Å²) in [6, 6.07) is 0. The van der Waals surface area contributed by atoms with Gasteiger partial charge in [-0.15, -0.1) is 10.2 Å². The second-order valence-electron chi connectivity index (χ2n) is 2.41. The first-order valence-electron chi connectivity index (χ1n) is 3.73. The van der Waals surface area contributed by atoms with Crippen LogP contribution in [0.4, 0.5) is 0 Å². The summed E-state index contributed by atoms with van der Waals surface area (Å²) in [5, 5.41) is 14.9. The van der Waals surface area contributed by atoms with Gasteiger partial charge in [-0.05, 0) is 11.6 Å². The average Bonchev–Trinajstić information content (AvgIpc) is 2.40. The lowest BCUT2D eigenvalue weighted by molar-refractivity contribution is 0.782. The van der Waals surface area contributed by atoms with Crippen LogP contribution in [0.25, 0.3) is 0 Å². The maximum atomic E-state index is 3.85. The van der Waals surface area contributed by atoms with Crippen molar-refractivity contribution in [3.63, 3.8) is 0 Å². The summed E-state index contributed by atoms with van der Waals surface area (Å²) in [6.45, 7) is 4.35. The summed E-state index contributed by atoms with van der Waals surface area (Å²) in [7, 11) is 0. The Bertz CT molecular complexity index is 186. The maximum Gasteiger partial charge on any atom is 0.231 e.